The summed E-state index contributed by atoms with van der Waals surface area (Å²) in [5.74, 6) is 0.0129. The SMILES string of the molecule is C=CCOc1nc(S(C)(=O)=O)nc2c1ccn2[C@@H]1O[C@H](C(O)Cc2ccccc2)[C@](O)(Cc2ccccc2)[C@@]1(O)Cc1ccccc1. The van der Waals surface area contributed by atoms with Crippen LogP contribution in [0, 0.1) is 0 Å². The lowest BCUT2D eigenvalue weighted by Gasteiger charge is -2.42. The Morgan fingerprint density at radius 2 is 1.45 bits per heavy atom. The number of nitrogens with zero attached hydrogens (tertiary/aromatic N) is 3. The summed E-state index contributed by atoms with van der Waals surface area (Å²) < 4.78 is 39.2. The number of rotatable bonds is 12. The van der Waals surface area contributed by atoms with Crippen LogP contribution in [0.25, 0.3) is 11.0 Å². The third kappa shape index (κ3) is 6.32. The molecule has 0 spiro atoms. The first kappa shape index (κ1) is 32.5. The van der Waals surface area contributed by atoms with Crippen molar-refractivity contribution in [3.63, 3.8) is 0 Å². The number of benzene rings is 3. The predicted molar refractivity (Wildman–Crippen MR) is 177 cm³/mol. The Hall–Kier alpha value is -4.39. The van der Waals surface area contributed by atoms with E-state index in [1.54, 1.807) is 12.3 Å². The summed E-state index contributed by atoms with van der Waals surface area (Å²) in [4.78, 5) is 8.54. The molecule has 11 heteroatoms. The van der Waals surface area contributed by atoms with Gasteiger partial charge in [-0.2, -0.15) is 9.97 Å². The molecule has 1 aliphatic rings. The van der Waals surface area contributed by atoms with Crippen LogP contribution in [0.5, 0.6) is 5.88 Å². The van der Waals surface area contributed by atoms with E-state index in [4.69, 9.17) is 9.47 Å². The number of fused-ring (bicyclic) bond motifs is 1. The normalized spacial score (nSPS) is 23.5. The Labute approximate surface area is 273 Å². The highest BCUT2D eigenvalue weighted by molar-refractivity contribution is 7.90. The second-order valence-electron chi connectivity index (χ2n) is 12.0. The van der Waals surface area contributed by atoms with Crippen LogP contribution >= 0.6 is 0 Å². The van der Waals surface area contributed by atoms with E-state index in [1.165, 1.54) is 10.6 Å². The monoisotopic (exact) mass is 655 g/mol. The summed E-state index contributed by atoms with van der Waals surface area (Å²) in [6.07, 6.45) is 0.237. The summed E-state index contributed by atoms with van der Waals surface area (Å²) in [6, 6.07) is 29.4. The first-order chi connectivity index (χ1) is 22.5. The Morgan fingerprint density at radius 3 is 2.00 bits per heavy atom. The van der Waals surface area contributed by atoms with E-state index in [0.29, 0.717) is 10.9 Å². The minimum absolute atomic E-state index is 0.0129. The molecule has 1 unspecified atom stereocenters. The molecule has 6 rings (SSSR count). The lowest BCUT2D eigenvalue weighted by Crippen LogP contribution is -2.62. The maximum absolute atomic E-state index is 13.0. The fourth-order valence-electron chi connectivity index (χ4n) is 6.39. The van der Waals surface area contributed by atoms with Gasteiger partial charge in [0.05, 0.1) is 11.5 Å². The first-order valence-corrected chi connectivity index (χ1v) is 17.1. The Morgan fingerprint density at radius 1 is 0.894 bits per heavy atom. The van der Waals surface area contributed by atoms with Crippen LogP contribution in [-0.2, 0) is 33.8 Å². The van der Waals surface area contributed by atoms with Crippen molar-refractivity contribution in [3.05, 3.63) is 133 Å². The third-order valence-corrected chi connectivity index (χ3v) is 9.46. The molecule has 47 heavy (non-hydrogen) atoms. The number of aliphatic hydroxyl groups excluding tert-OH is 1. The fourth-order valence-corrected chi connectivity index (χ4v) is 6.89. The largest absolute Gasteiger partial charge is 0.473 e. The van der Waals surface area contributed by atoms with Gasteiger partial charge in [-0.25, -0.2) is 8.42 Å². The summed E-state index contributed by atoms with van der Waals surface area (Å²) in [6.45, 7) is 3.72. The van der Waals surface area contributed by atoms with Crippen molar-refractivity contribution in [3.8, 4) is 5.88 Å². The molecule has 0 saturated carbocycles. The van der Waals surface area contributed by atoms with Crippen LogP contribution in [0.1, 0.15) is 22.9 Å². The lowest BCUT2D eigenvalue weighted by molar-refractivity contribution is -0.160. The molecule has 3 heterocycles. The first-order valence-electron chi connectivity index (χ1n) is 15.3. The fraction of sp³-hybridized carbons (Fsp3) is 0.278. The number of ether oxygens (including phenoxy) is 2. The summed E-state index contributed by atoms with van der Waals surface area (Å²) >= 11 is 0. The van der Waals surface area contributed by atoms with Gasteiger partial charge in [0, 0.05) is 31.7 Å². The van der Waals surface area contributed by atoms with Crippen molar-refractivity contribution < 1.29 is 33.2 Å². The van der Waals surface area contributed by atoms with Crippen LogP contribution in [0.3, 0.4) is 0 Å². The summed E-state index contributed by atoms with van der Waals surface area (Å²) in [5, 5.41) is 37.6. The standard InChI is InChI=1S/C36H37N3O7S/c1-3-21-45-32-28-19-20-39(31(28)37-34(38-32)47(2,43)44)33-36(42,24-27-17-11-6-12-18-27)35(41,23-26-15-9-5-10-16-26)30(46-33)29(40)22-25-13-7-4-8-14-25/h3-20,29-30,33,40-42H,1,21-24H2,2H3/t29?,30-,33-,35-,36-/m1/s1. The third-order valence-electron chi connectivity index (χ3n) is 8.61. The topological polar surface area (TPSA) is 144 Å². The number of aromatic nitrogens is 3. The van der Waals surface area contributed by atoms with E-state index in [0.717, 1.165) is 17.4 Å². The maximum atomic E-state index is 13.0. The molecule has 0 bridgehead atoms. The van der Waals surface area contributed by atoms with Gasteiger partial charge in [0.2, 0.25) is 15.7 Å². The lowest BCUT2D eigenvalue weighted by atomic mass is 9.71. The van der Waals surface area contributed by atoms with E-state index < -0.39 is 44.6 Å². The minimum Gasteiger partial charge on any atom is -0.473 e. The van der Waals surface area contributed by atoms with E-state index >= 15 is 0 Å². The van der Waals surface area contributed by atoms with Crippen LogP contribution in [0.15, 0.2) is 121 Å². The van der Waals surface area contributed by atoms with Crippen molar-refractivity contribution in [2.24, 2.45) is 0 Å². The zero-order valence-corrected chi connectivity index (χ0v) is 26.7. The highest BCUT2D eigenvalue weighted by atomic mass is 32.2. The number of hydrogen-bond donors (Lipinski definition) is 3. The van der Waals surface area contributed by atoms with Gasteiger partial charge in [0.25, 0.3) is 5.16 Å². The van der Waals surface area contributed by atoms with E-state index in [9.17, 15) is 23.7 Å². The van der Waals surface area contributed by atoms with Gasteiger partial charge in [-0.05, 0) is 22.8 Å². The molecule has 1 aliphatic heterocycles. The molecule has 10 nitrogen and oxygen atoms in total. The number of aliphatic hydroxyl groups is 3. The van der Waals surface area contributed by atoms with Gasteiger partial charge in [-0.1, -0.05) is 104 Å². The van der Waals surface area contributed by atoms with Crippen molar-refractivity contribution >= 4 is 20.9 Å². The van der Waals surface area contributed by atoms with Crippen molar-refractivity contribution in [2.45, 2.75) is 54.1 Å². The van der Waals surface area contributed by atoms with E-state index in [2.05, 4.69) is 16.5 Å². The van der Waals surface area contributed by atoms with Crippen LogP contribution < -0.4 is 4.74 Å². The van der Waals surface area contributed by atoms with Crippen molar-refractivity contribution in [1.82, 2.24) is 14.5 Å². The van der Waals surface area contributed by atoms with Crippen LogP contribution in [0.4, 0.5) is 0 Å². The average molecular weight is 656 g/mol. The van der Waals surface area contributed by atoms with E-state index in [-0.39, 0.29) is 37.4 Å². The van der Waals surface area contributed by atoms with Crippen LogP contribution in [-0.4, -0.2) is 74.5 Å². The molecule has 5 aromatic rings. The average Bonchev–Trinajstić information content (AvgIpc) is 3.57. The van der Waals surface area contributed by atoms with Crippen molar-refractivity contribution in [2.75, 3.05) is 12.9 Å². The smallest absolute Gasteiger partial charge is 0.252 e. The minimum atomic E-state index is -3.89. The molecule has 0 radical (unpaired) electrons. The second kappa shape index (κ2) is 13.0. The number of sulfone groups is 1. The molecule has 1 saturated heterocycles. The molecule has 3 N–H and O–H groups in total. The molecular formula is C36H37N3O7S. The van der Waals surface area contributed by atoms with Gasteiger partial charge < -0.3 is 29.4 Å². The molecular weight excluding hydrogens is 618 g/mol. The quantitative estimate of drug-likeness (QED) is 0.135. The summed E-state index contributed by atoms with van der Waals surface area (Å²) in [5.41, 5.74) is -1.75. The Kier molecular flexibility index (Phi) is 9.01. The van der Waals surface area contributed by atoms with Gasteiger partial charge >= 0.3 is 0 Å². The highest BCUT2D eigenvalue weighted by Gasteiger charge is 2.67. The predicted octanol–water partition coefficient (Wildman–Crippen LogP) is 3.85. The number of hydrogen-bond acceptors (Lipinski definition) is 9. The van der Waals surface area contributed by atoms with Gasteiger partial charge in [-0.3, -0.25) is 0 Å². The van der Waals surface area contributed by atoms with Crippen LogP contribution in [0.2, 0.25) is 0 Å². The highest BCUT2D eigenvalue weighted by Crippen LogP contribution is 2.51. The molecule has 244 valence electrons. The Bertz CT molecular complexity index is 1950. The molecule has 3 aromatic carbocycles. The Balaban J connectivity index is 1.55. The van der Waals surface area contributed by atoms with E-state index in [1.807, 2.05) is 91.0 Å². The molecule has 0 amide bonds. The van der Waals surface area contributed by atoms with Gasteiger partial charge in [-0.15, -0.1) is 0 Å². The van der Waals surface area contributed by atoms with Gasteiger partial charge in [0.1, 0.15) is 23.9 Å². The zero-order chi connectivity index (χ0) is 33.2. The molecule has 0 aliphatic carbocycles. The second-order valence-corrected chi connectivity index (χ2v) is 13.9. The van der Waals surface area contributed by atoms with Gasteiger partial charge in [0.15, 0.2) is 11.9 Å². The molecule has 2 aromatic heterocycles. The summed E-state index contributed by atoms with van der Waals surface area (Å²) in [7, 11) is -3.89. The van der Waals surface area contributed by atoms with Crippen molar-refractivity contribution in [1.29, 1.82) is 0 Å². The maximum Gasteiger partial charge on any atom is 0.252 e. The molecule has 5 atom stereocenters. The zero-order valence-electron chi connectivity index (χ0n) is 25.9. The molecule has 1 fully saturated rings.